The number of aromatic nitrogens is 1. The summed E-state index contributed by atoms with van der Waals surface area (Å²) in [6, 6.07) is 11.1. The standard InChI is InChI=1S/C16H14BrClN2O2/c1-22-15-13(17)6-7-14(19-15)20-9-8-12(16(20)21)10-2-4-11(18)5-3-10/h2-7,12H,8-9H2,1H3. The van der Waals surface area contributed by atoms with E-state index in [0.29, 0.717) is 23.3 Å². The fraction of sp³-hybridized carbons (Fsp3) is 0.250. The fourth-order valence-electron chi connectivity index (χ4n) is 2.62. The van der Waals surface area contributed by atoms with E-state index in [4.69, 9.17) is 16.3 Å². The number of hydrogen-bond donors (Lipinski definition) is 0. The number of ether oxygens (including phenoxy) is 1. The molecule has 1 unspecified atom stereocenters. The second kappa shape index (κ2) is 6.26. The van der Waals surface area contributed by atoms with Crippen LogP contribution in [0.15, 0.2) is 40.9 Å². The smallest absolute Gasteiger partial charge is 0.235 e. The minimum absolute atomic E-state index is 0.0548. The van der Waals surface area contributed by atoms with Gasteiger partial charge in [0.25, 0.3) is 0 Å². The SMILES string of the molecule is COc1nc(N2CCC(c3ccc(Cl)cc3)C2=O)ccc1Br. The van der Waals surface area contributed by atoms with E-state index < -0.39 is 0 Å². The minimum Gasteiger partial charge on any atom is -0.480 e. The molecule has 4 nitrogen and oxygen atoms in total. The van der Waals surface area contributed by atoms with Gasteiger partial charge in [0, 0.05) is 11.6 Å². The normalized spacial score (nSPS) is 17.9. The van der Waals surface area contributed by atoms with Crippen molar-refractivity contribution in [3.63, 3.8) is 0 Å². The van der Waals surface area contributed by atoms with Crippen LogP contribution in [0.4, 0.5) is 5.82 Å². The van der Waals surface area contributed by atoms with Gasteiger partial charge in [-0.2, -0.15) is 4.98 Å². The van der Waals surface area contributed by atoms with Crippen molar-refractivity contribution in [1.82, 2.24) is 4.98 Å². The Kier molecular flexibility index (Phi) is 4.36. The van der Waals surface area contributed by atoms with Gasteiger partial charge >= 0.3 is 0 Å². The summed E-state index contributed by atoms with van der Waals surface area (Å²) in [6.07, 6.45) is 0.764. The van der Waals surface area contributed by atoms with Crippen molar-refractivity contribution in [1.29, 1.82) is 0 Å². The Morgan fingerprint density at radius 3 is 2.68 bits per heavy atom. The molecule has 3 rings (SSSR count). The molecule has 1 aliphatic rings. The summed E-state index contributed by atoms with van der Waals surface area (Å²) >= 11 is 9.27. The van der Waals surface area contributed by atoms with Crippen LogP contribution in [0.2, 0.25) is 5.02 Å². The molecule has 0 spiro atoms. The third kappa shape index (κ3) is 2.83. The van der Waals surface area contributed by atoms with E-state index in [1.54, 1.807) is 12.0 Å². The molecule has 0 aliphatic carbocycles. The number of benzene rings is 1. The number of anilines is 1. The maximum Gasteiger partial charge on any atom is 0.235 e. The quantitative estimate of drug-likeness (QED) is 0.806. The number of carbonyl (C=O) groups is 1. The molecule has 1 atom stereocenters. The molecule has 22 heavy (non-hydrogen) atoms. The first-order chi connectivity index (χ1) is 10.6. The van der Waals surface area contributed by atoms with E-state index in [-0.39, 0.29) is 11.8 Å². The lowest BCUT2D eigenvalue weighted by molar-refractivity contribution is -0.118. The van der Waals surface area contributed by atoms with E-state index in [1.807, 2.05) is 36.4 Å². The minimum atomic E-state index is -0.145. The second-order valence-electron chi connectivity index (χ2n) is 5.04. The second-order valence-corrected chi connectivity index (χ2v) is 6.33. The first kappa shape index (κ1) is 15.3. The van der Waals surface area contributed by atoms with Crippen molar-refractivity contribution < 1.29 is 9.53 Å². The van der Waals surface area contributed by atoms with Crippen molar-refractivity contribution in [3.05, 3.63) is 51.5 Å². The summed E-state index contributed by atoms with van der Waals surface area (Å²) in [5, 5.41) is 0.672. The highest BCUT2D eigenvalue weighted by atomic mass is 79.9. The molecule has 1 aromatic carbocycles. The summed E-state index contributed by atoms with van der Waals surface area (Å²) in [7, 11) is 1.55. The lowest BCUT2D eigenvalue weighted by Gasteiger charge is -2.17. The molecule has 1 aromatic heterocycles. The van der Waals surface area contributed by atoms with Crippen molar-refractivity contribution >= 4 is 39.3 Å². The molecule has 6 heteroatoms. The number of amides is 1. The van der Waals surface area contributed by atoms with Crippen LogP contribution < -0.4 is 9.64 Å². The number of pyridine rings is 1. The van der Waals surface area contributed by atoms with Crippen LogP contribution in [0.3, 0.4) is 0 Å². The Hall–Kier alpha value is -1.59. The molecule has 1 fully saturated rings. The van der Waals surface area contributed by atoms with Crippen LogP contribution in [0.5, 0.6) is 5.88 Å². The molecule has 1 aliphatic heterocycles. The maximum absolute atomic E-state index is 12.7. The number of methoxy groups -OCH3 is 1. The Bertz CT molecular complexity index is 706. The average Bonchev–Trinajstić information content (AvgIpc) is 2.90. The Morgan fingerprint density at radius 2 is 2.00 bits per heavy atom. The molecule has 1 saturated heterocycles. The number of hydrogen-bond acceptors (Lipinski definition) is 3. The fourth-order valence-corrected chi connectivity index (χ4v) is 3.13. The zero-order chi connectivity index (χ0) is 15.7. The lowest BCUT2D eigenvalue weighted by atomic mass is 9.98. The van der Waals surface area contributed by atoms with Gasteiger partial charge in [-0.25, -0.2) is 0 Å². The van der Waals surface area contributed by atoms with Crippen LogP contribution >= 0.6 is 27.5 Å². The van der Waals surface area contributed by atoms with Crippen LogP contribution in [-0.4, -0.2) is 24.5 Å². The first-order valence-corrected chi connectivity index (χ1v) is 8.04. The summed E-state index contributed by atoms with van der Waals surface area (Å²) in [5.41, 5.74) is 0.987. The molecule has 0 radical (unpaired) electrons. The molecule has 0 saturated carbocycles. The molecule has 1 amide bonds. The van der Waals surface area contributed by atoms with Gasteiger partial charge < -0.3 is 4.74 Å². The van der Waals surface area contributed by atoms with E-state index in [1.165, 1.54) is 0 Å². The highest BCUT2D eigenvalue weighted by molar-refractivity contribution is 9.10. The molecule has 0 N–H and O–H groups in total. The van der Waals surface area contributed by atoms with Gasteiger partial charge in [-0.3, -0.25) is 9.69 Å². The van der Waals surface area contributed by atoms with Crippen molar-refractivity contribution in [3.8, 4) is 5.88 Å². The lowest BCUT2D eigenvalue weighted by Crippen LogP contribution is -2.27. The van der Waals surface area contributed by atoms with E-state index >= 15 is 0 Å². The number of halogens is 2. The molecular formula is C16H14BrClN2O2. The molecule has 114 valence electrons. The molecule has 2 heterocycles. The largest absolute Gasteiger partial charge is 0.480 e. The van der Waals surface area contributed by atoms with E-state index in [0.717, 1.165) is 16.5 Å². The van der Waals surface area contributed by atoms with Gasteiger partial charge in [-0.05, 0) is 52.2 Å². The van der Waals surface area contributed by atoms with Gasteiger partial charge in [0.2, 0.25) is 11.8 Å². The molecule has 0 bridgehead atoms. The molecule has 2 aromatic rings. The molecular weight excluding hydrogens is 368 g/mol. The summed E-state index contributed by atoms with van der Waals surface area (Å²) in [5.74, 6) is 0.995. The van der Waals surface area contributed by atoms with Crippen molar-refractivity contribution in [2.75, 3.05) is 18.6 Å². The van der Waals surface area contributed by atoms with E-state index in [9.17, 15) is 4.79 Å². The monoisotopic (exact) mass is 380 g/mol. The van der Waals surface area contributed by atoms with Crippen molar-refractivity contribution in [2.45, 2.75) is 12.3 Å². The topological polar surface area (TPSA) is 42.4 Å². The number of rotatable bonds is 3. The highest BCUT2D eigenvalue weighted by Crippen LogP contribution is 2.33. The van der Waals surface area contributed by atoms with Crippen LogP contribution in [0, 0.1) is 0 Å². The third-order valence-corrected chi connectivity index (χ3v) is 4.60. The predicted molar refractivity (Wildman–Crippen MR) is 89.7 cm³/mol. The highest BCUT2D eigenvalue weighted by Gasteiger charge is 2.34. The number of nitrogens with zero attached hydrogens (tertiary/aromatic N) is 2. The summed E-state index contributed by atoms with van der Waals surface area (Å²) in [4.78, 5) is 18.8. The summed E-state index contributed by atoms with van der Waals surface area (Å²) < 4.78 is 5.96. The van der Waals surface area contributed by atoms with E-state index in [2.05, 4.69) is 20.9 Å². The Morgan fingerprint density at radius 1 is 1.27 bits per heavy atom. The Balaban J connectivity index is 1.86. The first-order valence-electron chi connectivity index (χ1n) is 6.87. The Labute approximate surface area is 142 Å². The number of carbonyl (C=O) groups excluding carboxylic acids is 1. The van der Waals surface area contributed by atoms with Gasteiger partial charge in [-0.1, -0.05) is 23.7 Å². The van der Waals surface area contributed by atoms with Gasteiger partial charge in [-0.15, -0.1) is 0 Å². The predicted octanol–water partition coefficient (Wildman–Crippen LogP) is 4.03. The van der Waals surface area contributed by atoms with Crippen LogP contribution in [0.25, 0.3) is 0 Å². The third-order valence-electron chi connectivity index (χ3n) is 3.75. The van der Waals surface area contributed by atoms with Gasteiger partial charge in [0.1, 0.15) is 5.82 Å². The van der Waals surface area contributed by atoms with Gasteiger partial charge in [0.15, 0.2) is 0 Å². The van der Waals surface area contributed by atoms with Crippen LogP contribution in [-0.2, 0) is 4.79 Å². The zero-order valence-corrected chi connectivity index (χ0v) is 14.3. The van der Waals surface area contributed by atoms with Crippen molar-refractivity contribution in [2.24, 2.45) is 0 Å². The average molecular weight is 382 g/mol. The zero-order valence-electron chi connectivity index (χ0n) is 11.9. The summed E-state index contributed by atoms with van der Waals surface area (Å²) in [6.45, 7) is 0.643. The maximum atomic E-state index is 12.7. The van der Waals surface area contributed by atoms with Gasteiger partial charge in [0.05, 0.1) is 17.5 Å². The van der Waals surface area contributed by atoms with Crippen LogP contribution in [0.1, 0.15) is 17.9 Å².